The van der Waals surface area contributed by atoms with Crippen molar-refractivity contribution in [3.05, 3.63) is 0 Å². The summed E-state index contributed by atoms with van der Waals surface area (Å²) >= 11 is 0. The van der Waals surface area contributed by atoms with E-state index in [0.29, 0.717) is 25.3 Å². The van der Waals surface area contributed by atoms with Gasteiger partial charge in [-0.15, -0.1) is 0 Å². The summed E-state index contributed by atoms with van der Waals surface area (Å²) in [4.78, 5) is 2.57. The van der Waals surface area contributed by atoms with E-state index in [1.54, 1.807) is 0 Å². The number of hydrogen-bond acceptors (Lipinski definition) is 4. The molecule has 2 N–H and O–H groups in total. The fourth-order valence-corrected chi connectivity index (χ4v) is 2.65. The van der Waals surface area contributed by atoms with Gasteiger partial charge in [0.2, 0.25) is 0 Å². The van der Waals surface area contributed by atoms with Crippen molar-refractivity contribution in [1.29, 1.82) is 0 Å². The molecule has 0 amide bonds. The highest BCUT2D eigenvalue weighted by molar-refractivity contribution is 4.80. The van der Waals surface area contributed by atoms with E-state index in [9.17, 15) is 0 Å². The molecule has 0 aliphatic carbocycles. The first-order valence-electron chi connectivity index (χ1n) is 6.53. The van der Waals surface area contributed by atoms with Crippen LogP contribution in [0.3, 0.4) is 0 Å². The van der Waals surface area contributed by atoms with Gasteiger partial charge in [0.15, 0.2) is 0 Å². The lowest BCUT2D eigenvalue weighted by molar-refractivity contribution is -0.0292. The number of hydrogen-bond donors (Lipinski definition) is 1. The molecule has 1 unspecified atom stereocenters. The van der Waals surface area contributed by atoms with Gasteiger partial charge in [-0.25, -0.2) is 0 Å². The van der Waals surface area contributed by atoms with Gasteiger partial charge in [-0.2, -0.15) is 0 Å². The van der Waals surface area contributed by atoms with Crippen molar-refractivity contribution in [2.24, 2.45) is 5.73 Å². The molecule has 2 saturated heterocycles. The molecule has 1 atom stereocenters. The van der Waals surface area contributed by atoms with Gasteiger partial charge in [-0.05, 0) is 25.7 Å². The lowest BCUT2D eigenvalue weighted by Gasteiger charge is -2.38. The Morgan fingerprint density at radius 2 is 2.06 bits per heavy atom. The zero-order valence-electron chi connectivity index (χ0n) is 10.1. The van der Waals surface area contributed by atoms with Gasteiger partial charge in [0.05, 0.1) is 19.3 Å². The number of nitrogens with zero attached hydrogens (tertiary/aromatic N) is 1. The van der Waals surface area contributed by atoms with Crippen molar-refractivity contribution in [1.82, 2.24) is 4.90 Å². The Bertz CT molecular complexity index is 187. The standard InChI is InChI=1S/C12H24N2O2/c13-5-9-16-12-3-6-14(7-4-12)11-2-1-8-15-10-11/h11-12H,1-10,13H2. The highest BCUT2D eigenvalue weighted by atomic mass is 16.5. The fraction of sp³-hybridized carbons (Fsp3) is 1.00. The quantitative estimate of drug-likeness (QED) is 0.765. The summed E-state index contributed by atoms with van der Waals surface area (Å²) in [6, 6.07) is 0.657. The van der Waals surface area contributed by atoms with E-state index in [4.69, 9.17) is 15.2 Å². The molecule has 0 aromatic rings. The summed E-state index contributed by atoms with van der Waals surface area (Å²) < 4.78 is 11.2. The van der Waals surface area contributed by atoms with Gasteiger partial charge in [-0.1, -0.05) is 0 Å². The van der Waals surface area contributed by atoms with E-state index in [1.807, 2.05) is 0 Å². The monoisotopic (exact) mass is 228 g/mol. The largest absolute Gasteiger partial charge is 0.380 e. The van der Waals surface area contributed by atoms with Crippen molar-refractivity contribution < 1.29 is 9.47 Å². The first-order chi connectivity index (χ1) is 7.90. The predicted octanol–water partition coefficient (Wildman–Crippen LogP) is 0.605. The Morgan fingerprint density at radius 3 is 2.69 bits per heavy atom. The summed E-state index contributed by atoms with van der Waals surface area (Å²) in [5.74, 6) is 0. The molecule has 2 rings (SSSR count). The van der Waals surface area contributed by atoms with Gasteiger partial charge >= 0.3 is 0 Å². The highest BCUT2D eigenvalue weighted by Crippen LogP contribution is 2.20. The zero-order valence-corrected chi connectivity index (χ0v) is 10.1. The zero-order chi connectivity index (χ0) is 11.2. The van der Waals surface area contributed by atoms with E-state index in [2.05, 4.69) is 4.90 Å². The maximum absolute atomic E-state index is 5.68. The Hall–Kier alpha value is -0.160. The topological polar surface area (TPSA) is 47.7 Å². The van der Waals surface area contributed by atoms with Crippen LogP contribution < -0.4 is 5.73 Å². The fourth-order valence-electron chi connectivity index (χ4n) is 2.65. The molecule has 4 nitrogen and oxygen atoms in total. The van der Waals surface area contributed by atoms with Crippen molar-refractivity contribution in [2.75, 3.05) is 39.5 Å². The van der Waals surface area contributed by atoms with Crippen molar-refractivity contribution >= 4 is 0 Å². The normalized spacial score (nSPS) is 29.4. The van der Waals surface area contributed by atoms with E-state index in [-0.39, 0.29) is 0 Å². The van der Waals surface area contributed by atoms with E-state index in [1.165, 1.54) is 12.8 Å². The average molecular weight is 228 g/mol. The molecule has 2 fully saturated rings. The summed E-state index contributed by atoms with van der Waals surface area (Å²) in [7, 11) is 0. The summed E-state index contributed by atoms with van der Waals surface area (Å²) in [5.41, 5.74) is 5.44. The van der Waals surface area contributed by atoms with Crippen molar-refractivity contribution in [3.63, 3.8) is 0 Å². The van der Waals surface area contributed by atoms with Crippen LogP contribution in [0.1, 0.15) is 25.7 Å². The minimum atomic E-state index is 0.435. The first-order valence-corrected chi connectivity index (χ1v) is 6.53. The van der Waals surface area contributed by atoms with Crippen LogP contribution in [0.15, 0.2) is 0 Å². The van der Waals surface area contributed by atoms with E-state index in [0.717, 1.165) is 39.1 Å². The number of piperidine rings is 1. The molecule has 2 heterocycles. The summed E-state index contributed by atoms with van der Waals surface area (Å²) in [5, 5.41) is 0. The number of ether oxygens (including phenoxy) is 2. The predicted molar refractivity (Wildman–Crippen MR) is 63.4 cm³/mol. The second-order valence-electron chi connectivity index (χ2n) is 4.77. The number of likely N-dealkylation sites (tertiary alicyclic amines) is 1. The second-order valence-corrected chi connectivity index (χ2v) is 4.77. The van der Waals surface area contributed by atoms with Gasteiger partial charge in [-0.3, -0.25) is 4.90 Å². The molecule has 0 saturated carbocycles. The molecule has 0 radical (unpaired) electrons. The summed E-state index contributed by atoms with van der Waals surface area (Å²) in [6.07, 6.45) is 5.25. The van der Waals surface area contributed by atoms with Gasteiger partial charge < -0.3 is 15.2 Å². The third-order valence-corrected chi connectivity index (χ3v) is 3.60. The SMILES string of the molecule is NCCOC1CCN(C2CCCOC2)CC1. The van der Waals surface area contributed by atoms with Gasteiger partial charge in [0, 0.05) is 32.3 Å². The lowest BCUT2D eigenvalue weighted by atomic mass is 10.0. The first kappa shape index (κ1) is 12.3. The van der Waals surface area contributed by atoms with Crippen molar-refractivity contribution in [2.45, 2.75) is 37.8 Å². The second kappa shape index (κ2) is 6.55. The molecule has 94 valence electrons. The van der Waals surface area contributed by atoms with E-state index >= 15 is 0 Å². The molecule has 2 aliphatic heterocycles. The van der Waals surface area contributed by atoms with Crippen LogP contribution in [0.4, 0.5) is 0 Å². The summed E-state index contributed by atoms with van der Waals surface area (Å²) in [6.45, 7) is 5.53. The van der Waals surface area contributed by atoms with Gasteiger partial charge in [0.25, 0.3) is 0 Å². The Kier molecular flexibility index (Phi) is 5.03. The molecular weight excluding hydrogens is 204 g/mol. The minimum absolute atomic E-state index is 0.435. The molecule has 16 heavy (non-hydrogen) atoms. The molecule has 0 aromatic heterocycles. The van der Waals surface area contributed by atoms with Crippen LogP contribution in [0.25, 0.3) is 0 Å². The maximum atomic E-state index is 5.68. The van der Waals surface area contributed by atoms with Crippen LogP contribution in [0, 0.1) is 0 Å². The van der Waals surface area contributed by atoms with Crippen LogP contribution in [-0.4, -0.2) is 56.5 Å². The molecule has 0 bridgehead atoms. The Balaban J connectivity index is 1.67. The Morgan fingerprint density at radius 1 is 1.25 bits per heavy atom. The number of nitrogens with two attached hydrogens (primary N) is 1. The highest BCUT2D eigenvalue weighted by Gasteiger charge is 2.26. The third-order valence-electron chi connectivity index (χ3n) is 3.60. The van der Waals surface area contributed by atoms with Gasteiger partial charge in [0.1, 0.15) is 0 Å². The molecule has 2 aliphatic rings. The van der Waals surface area contributed by atoms with Crippen LogP contribution in [-0.2, 0) is 9.47 Å². The van der Waals surface area contributed by atoms with Crippen LogP contribution >= 0.6 is 0 Å². The van der Waals surface area contributed by atoms with E-state index < -0.39 is 0 Å². The third kappa shape index (κ3) is 3.42. The van der Waals surface area contributed by atoms with Crippen LogP contribution in [0.5, 0.6) is 0 Å². The minimum Gasteiger partial charge on any atom is -0.380 e. The van der Waals surface area contributed by atoms with Crippen LogP contribution in [0.2, 0.25) is 0 Å². The molecule has 4 heteroatoms. The maximum Gasteiger partial charge on any atom is 0.0621 e. The number of rotatable bonds is 4. The van der Waals surface area contributed by atoms with Crippen molar-refractivity contribution in [3.8, 4) is 0 Å². The Labute approximate surface area is 98.1 Å². The average Bonchev–Trinajstić information content (AvgIpc) is 2.38. The molecule has 0 aromatic carbocycles. The lowest BCUT2D eigenvalue weighted by Crippen LogP contribution is -2.47. The molecular formula is C12H24N2O2. The molecule has 0 spiro atoms. The smallest absolute Gasteiger partial charge is 0.0621 e.